The molecule has 0 radical (unpaired) electrons. The quantitative estimate of drug-likeness (QED) is 0.632. The van der Waals surface area contributed by atoms with Crippen molar-refractivity contribution in [3.8, 4) is 0 Å². The number of carbonyl (C=O) groups excluding carboxylic acids is 1. The third-order valence-corrected chi connectivity index (χ3v) is 3.81. The zero-order chi connectivity index (χ0) is 8.84. The Hall–Kier alpha value is -0.570. The van der Waals surface area contributed by atoms with Gasteiger partial charge in [0.1, 0.15) is 0 Å². The molecule has 3 saturated heterocycles. The van der Waals surface area contributed by atoms with Crippen molar-refractivity contribution in [2.75, 3.05) is 13.1 Å². The largest absolute Gasteiger partial charge is 0.338 e. The van der Waals surface area contributed by atoms with Crippen LogP contribution in [0.3, 0.4) is 0 Å². The van der Waals surface area contributed by atoms with Crippen molar-refractivity contribution in [3.63, 3.8) is 0 Å². The average molecular weight is 180 g/mol. The second-order valence-corrected chi connectivity index (χ2v) is 4.55. The van der Waals surface area contributed by atoms with E-state index >= 15 is 0 Å². The predicted octanol–water partition coefficient (Wildman–Crippen LogP) is 0.359. The van der Waals surface area contributed by atoms with E-state index in [0.717, 1.165) is 31.8 Å². The highest BCUT2D eigenvalue weighted by Crippen LogP contribution is 2.39. The molecule has 3 aliphatic heterocycles. The van der Waals surface area contributed by atoms with Gasteiger partial charge in [0, 0.05) is 25.6 Å². The Bertz CT molecular complexity index is 227. The summed E-state index contributed by atoms with van der Waals surface area (Å²) in [5, 5.41) is 3.47. The molecule has 0 aromatic heterocycles. The molecule has 13 heavy (non-hydrogen) atoms. The van der Waals surface area contributed by atoms with E-state index in [1.165, 1.54) is 12.8 Å². The molecule has 0 aromatic rings. The highest BCUT2D eigenvalue weighted by molar-refractivity contribution is 5.77. The number of nitrogens with zero attached hydrogens (tertiary/aromatic N) is 1. The van der Waals surface area contributed by atoms with E-state index in [9.17, 15) is 4.79 Å². The lowest BCUT2D eigenvalue weighted by Crippen LogP contribution is -2.57. The standard InChI is InChI=1S/C10H16N2O/c13-9-3-1-2-4-12(9)10-7-5-8(10)11-6-7/h7-8,10-11H,1-6H2. The molecule has 3 heteroatoms. The normalized spacial score (nSPS) is 43.5. The van der Waals surface area contributed by atoms with Gasteiger partial charge in [0.05, 0.1) is 6.04 Å². The first-order chi connectivity index (χ1) is 6.36. The zero-order valence-electron chi connectivity index (χ0n) is 7.83. The maximum absolute atomic E-state index is 11.6. The van der Waals surface area contributed by atoms with E-state index in [1.807, 2.05) is 0 Å². The summed E-state index contributed by atoms with van der Waals surface area (Å²) in [6.45, 7) is 2.15. The van der Waals surface area contributed by atoms with Crippen molar-refractivity contribution in [2.45, 2.75) is 37.8 Å². The minimum Gasteiger partial charge on any atom is -0.338 e. The number of rotatable bonds is 1. The molecule has 4 aliphatic rings. The summed E-state index contributed by atoms with van der Waals surface area (Å²) in [6, 6.07) is 1.19. The van der Waals surface area contributed by atoms with Crippen molar-refractivity contribution in [1.82, 2.24) is 10.2 Å². The minimum atomic E-state index is 0.398. The molecule has 0 spiro atoms. The molecule has 3 unspecified atom stereocenters. The Morgan fingerprint density at radius 2 is 2.31 bits per heavy atom. The van der Waals surface area contributed by atoms with Crippen LogP contribution in [0.1, 0.15) is 25.7 Å². The van der Waals surface area contributed by atoms with E-state index in [0.29, 0.717) is 18.0 Å². The first-order valence-electron chi connectivity index (χ1n) is 5.39. The Labute approximate surface area is 78.5 Å². The molecule has 3 heterocycles. The third kappa shape index (κ3) is 1.03. The fourth-order valence-corrected chi connectivity index (χ4v) is 3.06. The molecule has 3 nitrogen and oxygen atoms in total. The van der Waals surface area contributed by atoms with Gasteiger partial charge in [-0.1, -0.05) is 0 Å². The number of amides is 1. The molecule has 3 atom stereocenters. The van der Waals surface area contributed by atoms with E-state index in [2.05, 4.69) is 10.2 Å². The van der Waals surface area contributed by atoms with Crippen molar-refractivity contribution in [2.24, 2.45) is 5.92 Å². The molecule has 1 saturated carbocycles. The summed E-state index contributed by atoms with van der Waals surface area (Å²) in [6.07, 6.45) is 4.40. The molecule has 1 amide bonds. The molecule has 0 aromatic carbocycles. The highest BCUT2D eigenvalue weighted by atomic mass is 16.2. The molecular weight excluding hydrogens is 164 g/mol. The van der Waals surface area contributed by atoms with Crippen LogP contribution < -0.4 is 5.32 Å². The molecular formula is C10H16N2O. The zero-order valence-corrected chi connectivity index (χ0v) is 7.83. The molecule has 2 bridgehead atoms. The first kappa shape index (κ1) is 7.80. The van der Waals surface area contributed by atoms with Gasteiger partial charge in [-0.15, -0.1) is 0 Å². The second-order valence-electron chi connectivity index (χ2n) is 4.55. The lowest BCUT2D eigenvalue weighted by Gasteiger charge is -2.44. The third-order valence-electron chi connectivity index (χ3n) is 3.81. The van der Waals surface area contributed by atoms with Crippen molar-refractivity contribution < 1.29 is 4.79 Å². The minimum absolute atomic E-state index is 0.398. The number of likely N-dealkylation sites (tertiary alicyclic amines) is 1. The number of carbonyl (C=O) groups is 1. The Morgan fingerprint density at radius 1 is 1.38 bits per heavy atom. The molecule has 4 rings (SSSR count). The monoisotopic (exact) mass is 180 g/mol. The van der Waals surface area contributed by atoms with Gasteiger partial charge in [-0.25, -0.2) is 0 Å². The van der Waals surface area contributed by atoms with Gasteiger partial charge in [0.25, 0.3) is 0 Å². The summed E-state index contributed by atoms with van der Waals surface area (Å²) in [7, 11) is 0. The van der Waals surface area contributed by atoms with Gasteiger partial charge in [0.2, 0.25) is 5.91 Å². The topological polar surface area (TPSA) is 32.3 Å². The van der Waals surface area contributed by atoms with E-state index in [-0.39, 0.29) is 0 Å². The van der Waals surface area contributed by atoms with Crippen LogP contribution in [-0.4, -0.2) is 36.0 Å². The molecule has 1 N–H and O–H groups in total. The predicted molar refractivity (Wildman–Crippen MR) is 49.2 cm³/mol. The maximum Gasteiger partial charge on any atom is 0.222 e. The van der Waals surface area contributed by atoms with Crippen LogP contribution in [0.25, 0.3) is 0 Å². The molecule has 1 aliphatic carbocycles. The van der Waals surface area contributed by atoms with E-state index in [4.69, 9.17) is 0 Å². The van der Waals surface area contributed by atoms with Crippen molar-refractivity contribution >= 4 is 5.91 Å². The van der Waals surface area contributed by atoms with Crippen LogP contribution in [0, 0.1) is 5.92 Å². The number of hydrogen-bond donors (Lipinski definition) is 1. The van der Waals surface area contributed by atoms with E-state index < -0.39 is 0 Å². The average Bonchev–Trinajstić information content (AvgIpc) is 2.69. The van der Waals surface area contributed by atoms with Crippen LogP contribution in [0.4, 0.5) is 0 Å². The maximum atomic E-state index is 11.6. The first-order valence-corrected chi connectivity index (χ1v) is 5.39. The smallest absolute Gasteiger partial charge is 0.222 e. The van der Waals surface area contributed by atoms with Crippen LogP contribution in [0.15, 0.2) is 0 Å². The SMILES string of the molecule is O=C1CCCCN1C1C2CNC1C2. The van der Waals surface area contributed by atoms with E-state index in [1.54, 1.807) is 0 Å². The number of nitrogens with one attached hydrogen (secondary N) is 1. The molecule has 72 valence electrons. The Kier molecular flexibility index (Phi) is 1.62. The van der Waals surface area contributed by atoms with Gasteiger partial charge < -0.3 is 10.2 Å². The lowest BCUT2D eigenvalue weighted by atomic mass is 9.78. The van der Waals surface area contributed by atoms with Crippen molar-refractivity contribution in [3.05, 3.63) is 0 Å². The van der Waals surface area contributed by atoms with Crippen LogP contribution in [0.2, 0.25) is 0 Å². The summed E-state index contributed by atoms with van der Waals surface area (Å²) in [5.74, 6) is 1.17. The van der Waals surface area contributed by atoms with Crippen LogP contribution in [-0.2, 0) is 4.79 Å². The fourth-order valence-electron chi connectivity index (χ4n) is 3.06. The summed E-state index contributed by atoms with van der Waals surface area (Å²) >= 11 is 0. The summed E-state index contributed by atoms with van der Waals surface area (Å²) in [4.78, 5) is 13.8. The molecule has 4 fully saturated rings. The van der Waals surface area contributed by atoms with Gasteiger partial charge in [0.15, 0.2) is 0 Å². The Morgan fingerprint density at radius 3 is 2.92 bits per heavy atom. The van der Waals surface area contributed by atoms with Gasteiger partial charge >= 0.3 is 0 Å². The van der Waals surface area contributed by atoms with Crippen LogP contribution in [0.5, 0.6) is 0 Å². The van der Waals surface area contributed by atoms with Crippen molar-refractivity contribution in [1.29, 1.82) is 0 Å². The number of fused-ring (bicyclic) bond motifs is 1. The van der Waals surface area contributed by atoms with Crippen LogP contribution >= 0.6 is 0 Å². The van der Waals surface area contributed by atoms with Gasteiger partial charge in [-0.05, 0) is 25.2 Å². The van der Waals surface area contributed by atoms with Gasteiger partial charge in [-0.2, -0.15) is 0 Å². The summed E-state index contributed by atoms with van der Waals surface area (Å²) in [5.41, 5.74) is 0. The number of piperidine rings is 1. The second kappa shape index (κ2) is 2.71. The summed E-state index contributed by atoms with van der Waals surface area (Å²) < 4.78 is 0. The van der Waals surface area contributed by atoms with Gasteiger partial charge in [-0.3, -0.25) is 4.79 Å². The Balaban J connectivity index is 1.73. The number of hydrogen-bond acceptors (Lipinski definition) is 2. The lowest BCUT2D eigenvalue weighted by molar-refractivity contribution is -0.139. The fraction of sp³-hybridized carbons (Fsp3) is 0.900. The highest BCUT2D eigenvalue weighted by Gasteiger charge is 2.50.